The smallest absolute Gasteiger partial charge is 0.178 e. The van der Waals surface area contributed by atoms with Crippen molar-refractivity contribution in [1.82, 2.24) is 4.57 Å². The third kappa shape index (κ3) is 6.84. The normalized spacial score (nSPS) is 15.2. The molecule has 1 unspecified atom stereocenters. The van der Waals surface area contributed by atoms with Gasteiger partial charge in [-0.2, -0.15) is 0 Å². The predicted octanol–water partition coefficient (Wildman–Crippen LogP) is 14.0. The molecule has 0 saturated carbocycles. The molecule has 1 aromatic heterocycles. The maximum absolute atomic E-state index is 7.69. The molecule has 0 amide bonds. The van der Waals surface area contributed by atoms with Crippen molar-refractivity contribution in [2.75, 3.05) is 21.3 Å². The van der Waals surface area contributed by atoms with Crippen LogP contribution in [0.3, 0.4) is 0 Å². The Morgan fingerprint density at radius 2 is 1.13 bits per heavy atom. The molecule has 1 atom stereocenters. The summed E-state index contributed by atoms with van der Waals surface area (Å²) in [4.78, 5) is 0. The molecule has 0 aliphatic carbocycles. The topological polar surface area (TPSA) is 51.1 Å². The fourth-order valence-corrected chi connectivity index (χ4v) is 8.70. The third-order valence-corrected chi connectivity index (χ3v) is 12.1. The minimum atomic E-state index is -0.986. The maximum Gasteiger partial charge on any atom is 0.178 e. The fourth-order valence-electron chi connectivity index (χ4n) is 8.70. The molecule has 1 aliphatic rings. The molecule has 0 N–H and O–H groups in total. The van der Waals surface area contributed by atoms with E-state index < -0.39 is 5.60 Å². The Bertz CT molecular complexity index is 2950. The number of hydrogen-bond acceptors (Lipinski definition) is 5. The van der Waals surface area contributed by atoms with Crippen molar-refractivity contribution in [3.05, 3.63) is 167 Å². The highest BCUT2D eigenvalue weighted by Gasteiger charge is 2.39. The number of ether oxygens (including phenoxy) is 5. The van der Waals surface area contributed by atoms with Gasteiger partial charge in [0.25, 0.3) is 0 Å². The molecular formula is C55H53NO5. The Hall–Kier alpha value is -6.66. The van der Waals surface area contributed by atoms with Crippen LogP contribution in [-0.2, 0) is 16.4 Å². The van der Waals surface area contributed by atoms with E-state index in [9.17, 15) is 0 Å². The van der Waals surface area contributed by atoms with Gasteiger partial charge in [0.1, 0.15) is 23.0 Å². The Labute approximate surface area is 358 Å². The number of methoxy groups -OCH3 is 3. The van der Waals surface area contributed by atoms with E-state index in [1.807, 2.05) is 42.5 Å². The van der Waals surface area contributed by atoms with Crippen molar-refractivity contribution in [2.45, 2.75) is 64.9 Å². The van der Waals surface area contributed by atoms with E-state index in [-0.39, 0.29) is 10.8 Å². The standard InChI is InChI=1S/C55H53NO5/c1-34-16-25-43-47(28-34)56(39-30-37(53(2,3)4)29-38(31-39)54(5,6)7)51-44-26-27-55(35-14-12-11-13-15-35,36-17-19-41(20-18-36)60-42-23-21-40(57-8)22-24-42)61-52(44)46-33-49(59-10)48(58-9)32-45(46)50(43)51/h11-33H,1-10H3. The summed E-state index contributed by atoms with van der Waals surface area (Å²) >= 11 is 0. The molecule has 6 heteroatoms. The minimum Gasteiger partial charge on any atom is -0.497 e. The van der Waals surface area contributed by atoms with Gasteiger partial charge < -0.3 is 28.3 Å². The number of fused-ring (bicyclic) bond motifs is 8. The van der Waals surface area contributed by atoms with Gasteiger partial charge in [0.05, 0.1) is 32.4 Å². The highest BCUT2D eigenvalue weighted by Crippen LogP contribution is 2.53. The molecule has 308 valence electrons. The molecule has 7 aromatic carbocycles. The number of aryl methyl sites for hydroxylation is 1. The molecule has 0 spiro atoms. The summed E-state index contributed by atoms with van der Waals surface area (Å²) in [6.07, 6.45) is 4.49. The summed E-state index contributed by atoms with van der Waals surface area (Å²) in [5, 5.41) is 4.23. The fraction of sp³-hybridized carbons (Fsp3) is 0.236. The van der Waals surface area contributed by atoms with Gasteiger partial charge >= 0.3 is 0 Å². The van der Waals surface area contributed by atoms with Crippen LogP contribution in [0.2, 0.25) is 0 Å². The highest BCUT2D eigenvalue weighted by atomic mass is 16.5. The third-order valence-electron chi connectivity index (χ3n) is 12.1. The maximum atomic E-state index is 7.69. The van der Waals surface area contributed by atoms with Gasteiger partial charge in [-0.05, 0) is 119 Å². The first-order valence-corrected chi connectivity index (χ1v) is 20.9. The SMILES string of the molecule is COc1ccc(Oc2ccc(C3(c4ccccc4)C=Cc4c(c5cc(OC)c(OC)cc5c5c6ccc(C)cc6n(-c6cc(C(C)(C)C)cc(C(C)(C)C)c6)c45)O3)cc2)cc1. The first-order valence-electron chi connectivity index (χ1n) is 20.9. The zero-order valence-electron chi connectivity index (χ0n) is 36.8. The highest BCUT2D eigenvalue weighted by molar-refractivity contribution is 6.25. The molecule has 2 heterocycles. The van der Waals surface area contributed by atoms with Gasteiger partial charge in [0.2, 0.25) is 0 Å². The summed E-state index contributed by atoms with van der Waals surface area (Å²) < 4.78 is 33.8. The van der Waals surface area contributed by atoms with E-state index in [1.165, 1.54) is 16.7 Å². The zero-order chi connectivity index (χ0) is 42.8. The van der Waals surface area contributed by atoms with Gasteiger partial charge in [-0.3, -0.25) is 0 Å². The molecular weight excluding hydrogens is 755 g/mol. The summed E-state index contributed by atoms with van der Waals surface area (Å²) in [5.74, 6) is 4.26. The van der Waals surface area contributed by atoms with E-state index in [0.29, 0.717) is 17.2 Å². The Kier molecular flexibility index (Phi) is 9.66. The number of hydrogen-bond donors (Lipinski definition) is 0. The van der Waals surface area contributed by atoms with Crippen LogP contribution >= 0.6 is 0 Å². The van der Waals surface area contributed by atoms with E-state index in [1.54, 1.807) is 21.3 Å². The largest absolute Gasteiger partial charge is 0.497 e. The molecule has 0 fully saturated rings. The average molecular weight is 808 g/mol. The average Bonchev–Trinajstić information content (AvgIpc) is 3.60. The molecule has 0 bridgehead atoms. The van der Waals surface area contributed by atoms with Crippen molar-refractivity contribution in [2.24, 2.45) is 0 Å². The second-order valence-electron chi connectivity index (χ2n) is 18.2. The van der Waals surface area contributed by atoms with Crippen molar-refractivity contribution in [1.29, 1.82) is 0 Å². The molecule has 0 saturated heterocycles. The van der Waals surface area contributed by atoms with Crippen LogP contribution in [0.5, 0.6) is 34.5 Å². The summed E-state index contributed by atoms with van der Waals surface area (Å²) in [7, 11) is 5.04. The van der Waals surface area contributed by atoms with E-state index >= 15 is 0 Å². The van der Waals surface area contributed by atoms with Crippen LogP contribution in [0.25, 0.3) is 44.3 Å². The summed E-state index contributed by atoms with van der Waals surface area (Å²) in [6.45, 7) is 15.9. The summed E-state index contributed by atoms with van der Waals surface area (Å²) in [5.41, 5.74) is 8.89. The van der Waals surface area contributed by atoms with Gasteiger partial charge in [0.15, 0.2) is 17.1 Å². The van der Waals surface area contributed by atoms with Gasteiger partial charge in [0, 0.05) is 38.5 Å². The number of nitrogens with zero attached hydrogens (tertiary/aromatic N) is 1. The summed E-state index contributed by atoms with van der Waals surface area (Å²) in [6, 6.07) is 44.3. The predicted molar refractivity (Wildman–Crippen MR) is 250 cm³/mol. The molecule has 0 radical (unpaired) electrons. The van der Waals surface area contributed by atoms with Gasteiger partial charge in [-0.1, -0.05) is 102 Å². The monoisotopic (exact) mass is 807 g/mol. The Morgan fingerprint density at radius 3 is 1.72 bits per heavy atom. The van der Waals surface area contributed by atoms with Crippen LogP contribution in [0.1, 0.15) is 74.9 Å². The number of rotatable bonds is 8. The Morgan fingerprint density at radius 1 is 0.557 bits per heavy atom. The zero-order valence-corrected chi connectivity index (χ0v) is 36.8. The van der Waals surface area contributed by atoms with Gasteiger partial charge in [-0.25, -0.2) is 0 Å². The van der Waals surface area contributed by atoms with E-state index in [0.717, 1.165) is 72.2 Å². The van der Waals surface area contributed by atoms with E-state index in [2.05, 4.69) is 150 Å². The quantitative estimate of drug-likeness (QED) is 0.153. The lowest BCUT2D eigenvalue weighted by atomic mass is 9.80. The van der Waals surface area contributed by atoms with Crippen molar-refractivity contribution in [3.63, 3.8) is 0 Å². The van der Waals surface area contributed by atoms with Crippen molar-refractivity contribution < 1.29 is 23.7 Å². The lowest BCUT2D eigenvalue weighted by Crippen LogP contribution is -2.34. The van der Waals surface area contributed by atoms with Crippen LogP contribution < -0.4 is 23.7 Å². The van der Waals surface area contributed by atoms with Crippen molar-refractivity contribution >= 4 is 38.7 Å². The lowest BCUT2D eigenvalue weighted by Gasteiger charge is -2.37. The molecule has 1 aliphatic heterocycles. The molecule has 8 aromatic rings. The molecule has 6 nitrogen and oxygen atoms in total. The first-order chi connectivity index (χ1) is 29.2. The van der Waals surface area contributed by atoms with Crippen LogP contribution in [0, 0.1) is 6.92 Å². The first kappa shape index (κ1) is 39.8. The van der Waals surface area contributed by atoms with Gasteiger partial charge in [-0.15, -0.1) is 0 Å². The van der Waals surface area contributed by atoms with Crippen molar-refractivity contribution in [3.8, 4) is 40.2 Å². The van der Waals surface area contributed by atoms with Crippen LogP contribution in [0.4, 0.5) is 0 Å². The Balaban J connectivity index is 1.35. The molecule has 61 heavy (non-hydrogen) atoms. The van der Waals surface area contributed by atoms with Crippen LogP contribution in [0.15, 0.2) is 133 Å². The minimum absolute atomic E-state index is 0.0751. The molecule has 9 rings (SSSR count). The van der Waals surface area contributed by atoms with Crippen LogP contribution in [-0.4, -0.2) is 25.9 Å². The number of benzene rings is 7. The second kappa shape index (κ2) is 14.8. The lowest BCUT2D eigenvalue weighted by molar-refractivity contribution is 0.164. The second-order valence-corrected chi connectivity index (χ2v) is 18.2. The van der Waals surface area contributed by atoms with E-state index in [4.69, 9.17) is 23.7 Å². The number of aromatic nitrogens is 1.